The number of aryl methyl sites for hydroxylation is 1. The number of hydrogen-bond acceptors (Lipinski definition) is 6. The lowest BCUT2D eigenvalue weighted by molar-refractivity contribution is 0.102. The number of rotatable bonds is 6. The Hall–Kier alpha value is -3.46. The highest BCUT2D eigenvalue weighted by atomic mass is 32.2. The molecule has 0 radical (unpaired) electrons. The maximum Gasteiger partial charge on any atom is 0.275 e. The molecule has 9 heteroatoms. The van der Waals surface area contributed by atoms with E-state index in [-0.39, 0.29) is 10.6 Å². The smallest absolute Gasteiger partial charge is 0.275 e. The number of carbonyl (C=O) groups is 1. The molecule has 2 N–H and O–H groups in total. The maximum atomic E-state index is 12.6. The van der Waals surface area contributed by atoms with Gasteiger partial charge in [-0.3, -0.25) is 14.5 Å². The lowest BCUT2D eigenvalue weighted by Crippen LogP contribution is -2.16. The predicted octanol–water partition coefficient (Wildman–Crippen LogP) is 2.85. The summed E-state index contributed by atoms with van der Waals surface area (Å²) in [6.07, 6.45) is 2.84. The van der Waals surface area contributed by atoms with Crippen molar-refractivity contribution in [2.24, 2.45) is 0 Å². The van der Waals surface area contributed by atoms with Crippen molar-refractivity contribution in [3.63, 3.8) is 0 Å². The van der Waals surface area contributed by atoms with E-state index < -0.39 is 15.9 Å². The average Bonchev–Trinajstić information content (AvgIpc) is 2.69. The van der Waals surface area contributed by atoms with Crippen LogP contribution in [0.25, 0.3) is 0 Å². The maximum absolute atomic E-state index is 12.6. The monoisotopic (exact) mass is 398 g/mol. The Morgan fingerprint density at radius 3 is 2.39 bits per heavy atom. The van der Waals surface area contributed by atoms with Gasteiger partial charge in [-0.2, -0.15) is 0 Å². The average molecular weight is 398 g/mol. The van der Waals surface area contributed by atoms with Crippen LogP contribution >= 0.6 is 0 Å². The Bertz CT molecular complexity index is 1080. The lowest BCUT2D eigenvalue weighted by Gasteiger charge is -2.10. The predicted molar refractivity (Wildman–Crippen MR) is 105 cm³/mol. The van der Waals surface area contributed by atoms with Gasteiger partial charge in [0.15, 0.2) is 0 Å². The zero-order valence-corrected chi connectivity index (χ0v) is 16.0. The Kier molecular flexibility index (Phi) is 5.55. The molecule has 0 saturated heterocycles. The van der Waals surface area contributed by atoms with Crippen molar-refractivity contribution in [2.45, 2.75) is 11.8 Å². The van der Waals surface area contributed by atoms with Crippen LogP contribution in [0.2, 0.25) is 0 Å². The SMILES string of the molecule is COc1ccc(NS(=O)(=O)c2cccc(NC(=O)c3cnc(C)cn3)c2)cc1. The Labute approximate surface area is 162 Å². The van der Waals surface area contributed by atoms with Crippen LogP contribution in [-0.4, -0.2) is 31.4 Å². The van der Waals surface area contributed by atoms with E-state index in [1.54, 1.807) is 43.3 Å². The number of methoxy groups -OCH3 is 1. The first-order chi connectivity index (χ1) is 13.4. The summed E-state index contributed by atoms with van der Waals surface area (Å²) in [4.78, 5) is 20.3. The standard InChI is InChI=1S/C19H18N4O4S/c1-13-11-21-18(12-20-13)19(24)22-15-4-3-5-17(10-15)28(25,26)23-14-6-8-16(27-2)9-7-14/h3-12,23H,1-2H3,(H,22,24). The van der Waals surface area contributed by atoms with E-state index in [1.165, 1.54) is 31.6 Å². The Morgan fingerprint density at radius 1 is 1.00 bits per heavy atom. The second-order valence-electron chi connectivity index (χ2n) is 5.86. The van der Waals surface area contributed by atoms with E-state index in [2.05, 4.69) is 20.0 Å². The van der Waals surface area contributed by atoms with Crippen molar-refractivity contribution in [2.75, 3.05) is 17.1 Å². The summed E-state index contributed by atoms with van der Waals surface area (Å²) < 4.78 is 32.8. The number of benzene rings is 2. The summed E-state index contributed by atoms with van der Waals surface area (Å²) in [5.41, 5.74) is 1.54. The van der Waals surface area contributed by atoms with Crippen LogP contribution in [0.15, 0.2) is 65.8 Å². The molecule has 0 fully saturated rings. The zero-order valence-electron chi connectivity index (χ0n) is 15.2. The summed E-state index contributed by atoms with van der Waals surface area (Å²) in [5, 5.41) is 2.62. The number of amides is 1. The fourth-order valence-corrected chi connectivity index (χ4v) is 3.42. The largest absolute Gasteiger partial charge is 0.497 e. The Balaban J connectivity index is 1.77. The van der Waals surface area contributed by atoms with Crippen molar-refractivity contribution >= 4 is 27.3 Å². The van der Waals surface area contributed by atoms with Gasteiger partial charge in [-0.05, 0) is 49.4 Å². The molecule has 2 aromatic carbocycles. The van der Waals surface area contributed by atoms with Crippen molar-refractivity contribution in [3.05, 3.63) is 72.3 Å². The summed E-state index contributed by atoms with van der Waals surface area (Å²) in [6, 6.07) is 12.4. The normalized spacial score (nSPS) is 10.9. The van der Waals surface area contributed by atoms with Gasteiger partial charge in [-0.1, -0.05) is 6.07 Å². The van der Waals surface area contributed by atoms with Crippen molar-refractivity contribution in [3.8, 4) is 5.75 Å². The summed E-state index contributed by atoms with van der Waals surface area (Å²) in [7, 11) is -2.30. The van der Waals surface area contributed by atoms with Gasteiger partial charge in [0, 0.05) is 17.6 Å². The molecule has 0 aliphatic rings. The molecule has 0 unspecified atom stereocenters. The van der Waals surface area contributed by atoms with Crippen LogP contribution in [0.5, 0.6) is 5.75 Å². The molecule has 0 atom stereocenters. The third kappa shape index (κ3) is 4.63. The molecule has 1 amide bonds. The van der Waals surface area contributed by atoms with Crippen molar-refractivity contribution < 1.29 is 17.9 Å². The van der Waals surface area contributed by atoms with Crippen LogP contribution in [0, 0.1) is 6.92 Å². The lowest BCUT2D eigenvalue weighted by atomic mass is 10.3. The molecule has 1 aromatic heterocycles. The van der Waals surface area contributed by atoms with E-state index in [0.29, 0.717) is 22.8 Å². The van der Waals surface area contributed by atoms with Gasteiger partial charge in [0.2, 0.25) is 0 Å². The molecule has 0 aliphatic carbocycles. The third-order valence-corrected chi connectivity index (χ3v) is 5.14. The number of nitrogens with one attached hydrogen (secondary N) is 2. The number of ether oxygens (including phenoxy) is 1. The molecule has 0 bridgehead atoms. The minimum atomic E-state index is -3.83. The fourth-order valence-electron chi connectivity index (χ4n) is 2.32. The molecule has 0 aliphatic heterocycles. The Morgan fingerprint density at radius 2 is 1.75 bits per heavy atom. The third-order valence-electron chi connectivity index (χ3n) is 3.76. The van der Waals surface area contributed by atoms with E-state index in [9.17, 15) is 13.2 Å². The second kappa shape index (κ2) is 8.05. The fraction of sp³-hybridized carbons (Fsp3) is 0.105. The number of nitrogens with zero attached hydrogens (tertiary/aromatic N) is 2. The van der Waals surface area contributed by atoms with E-state index in [1.807, 2.05) is 0 Å². The minimum absolute atomic E-state index is 0.0103. The minimum Gasteiger partial charge on any atom is -0.497 e. The number of carbonyl (C=O) groups excluding carboxylic acids is 1. The molecule has 3 aromatic rings. The van der Waals surface area contributed by atoms with Gasteiger partial charge < -0.3 is 10.1 Å². The van der Waals surface area contributed by atoms with Gasteiger partial charge >= 0.3 is 0 Å². The first-order valence-corrected chi connectivity index (χ1v) is 9.72. The van der Waals surface area contributed by atoms with Crippen molar-refractivity contribution in [1.29, 1.82) is 0 Å². The van der Waals surface area contributed by atoms with E-state index in [0.717, 1.165) is 0 Å². The van der Waals surface area contributed by atoms with Crippen LogP contribution < -0.4 is 14.8 Å². The van der Waals surface area contributed by atoms with Gasteiger partial charge in [-0.15, -0.1) is 0 Å². The number of aromatic nitrogens is 2. The molecule has 1 heterocycles. The second-order valence-corrected chi connectivity index (χ2v) is 7.54. The molecule has 0 spiro atoms. The van der Waals surface area contributed by atoms with E-state index >= 15 is 0 Å². The number of anilines is 2. The molecule has 3 rings (SSSR count). The highest BCUT2D eigenvalue weighted by molar-refractivity contribution is 7.92. The molecule has 8 nitrogen and oxygen atoms in total. The first kappa shape index (κ1) is 19.3. The van der Waals surface area contributed by atoms with Crippen LogP contribution in [-0.2, 0) is 10.0 Å². The van der Waals surface area contributed by atoms with Gasteiger partial charge in [0.05, 0.1) is 23.9 Å². The molecule has 0 saturated carbocycles. The highest BCUT2D eigenvalue weighted by Crippen LogP contribution is 2.21. The zero-order chi connectivity index (χ0) is 20.1. The topological polar surface area (TPSA) is 110 Å². The number of sulfonamides is 1. The van der Waals surface area contributed by atoms with E-state index in [4.69, 9.17) is 4.74 Å². The van der Waals surface area contributed by atoms with Gasteiger partial charge in [-0.25, -0.2) is 13.4 Å². The summed E-state index contributed by atoms with van der Waals surface area (Å²) in [5.74, 6) is 0.136. The molecular formula is C19H18N4O4S. The molecule has 28 heavy (non-hydrogen) atoms. The van der Waals surface area contributed by atoms with Crippen LogP contribution in [0.4, 0.5) is 11.4 Å². The molecule has 144 valence electrons. The van der Waals surface area contributed by atoms with Crippen LogP contribution in [0.1, 0.15) is 16.2 Å². The summed E-state index contributed by atoms with van der Waals surface area (Å²) in [6.45, 7) is 1.76. The number of hydrogen-bond donors (Lipinski definition) is 2. The first-order valence-electron chi connectivity index (χ1n) is 8.24. The van der Waals surface area contributed by atoms with Gasteiger partial charge in [0.25, 0.3) is 15.9 Å². The molecular weight excluding hydrogens is 380 g/mol. The quantitative estimate of drug-likeness (QED) is 0.661. The highest BCUT2D eigenvalue weighted by Gasteiger charge is 2.16. The van der Waals surface area contributed by atoms with Crippen molar-refractivity contribution in [1.82, 2.24) is 9.97 Å². The van der Waals surface area contributed by atoms with Gasteiger partial charge in [0.1, 0.15) is 11.4 Å². The van der Waals surface area contributed by atoms with Crippen LogP contribution in [0.3, 0.4) is 0 Å². The summed E-state index contributed by atoms with van der Waals surface area (Å²) >= 11 is 0.